The Morgan fingerprint density at radius 2 is 1.09 bits per heavy atom. The van der Waals surface area contributed by atoms with Gasteiger partial charge in [-0.1, -0.05) is 69.2 Å². The van der Waals surface area contributed by atoms with Gasteiger partial charge in [-0.05, 0) is 62.1 Å². The van der Waals surface area contributed by atoms with E-state index in [1.54, 1.807) is 0 Å². The molecule has 2 aromatic carbocycles. The zero-order chi connectivity index (χ0) is 24.1. The van der Waals surface area contributed by atoms with Gasteiger partial charge in [-0.3, -0.25) is 9.98 Å². The van der Waals surface area contributed by atoms with Crippen molar-refractivity contribution in [2.45, 2.75) is 53.4 Å². The Morgan fingerprint density at radius 1 is 0.697 bits per heavy atom. The van der Waals surface area contributed by atoms with Crippen molar-refractivity contribution in [3.63, 3.8) is 0 Å². The van der Waals surface area contributed by atoms with Crippen molar-refractivity contribution in [2.75, 3.05) is 0 Å². The molecule has 1 aromatic heterocycles. The number of hydrogen-bond donors (Lipinski definition) is 0. The molecule has 176 valence electrons. The zero-order valence-electron chi connectivity index (χ0n) is 19.6. The standard InChI is InChI=1S/C27H31N3.2ClH.Fe/c1-5-12-22-14-7-9-16-26(22)28-20(3)24-18-11-19-25(30-24)21(4)29-27-17-10-8-15-23(27)13-6-2;;;/h7-11,14-19H,5-6,12-13H2,1-4H3;2*1H;/q;;;+2/p-2. The van der Waals surface area contributed by atoms with Crippen molar-refractivity contribution in [2.24, 2.45) is 9.98 Å². The summed E-state index contributed by atoms with van der Waals surface area (Å²) in [6.07, 6.45) is 4.27. The SMILES string of the molecule is CCCc1ccccc1N=C(C)c1cccc(C(C)=Nc2ccccc2CCC)n1.[Cl][Fe][Cl]. The van der Waals surface area contributed by atoms with Crippen LogP contribution in [0.2, 0.25) is 0 Å². The number of halogens is 2. The quantitative estimate of drug-likeness (QED) is 0.215. The first-order chi connectivity index (χ1) is 16.0. The summed E-state index contributed by atoms with van der Waals surface area (Å²) >= 11 is 0.194. The van der Waals surface area contributed by atoms with Crippen LogP contribution in [0.15, 0.2) is 76.7 Å². The fourth-order valence-corrected chi connectivity index (χ4v) is 3.51. The van der Waals surface area contributed by atoms with Gasteiger partial charge in [0.05, 0.1) is 34.2 Å². The molecule has 3 rings (SSSR count). The average molecular weight is 524 g/mol. The molecule has 1 heterocycles. The van der Waals surface area contributed by atoms with Crippen LogP contribution in [0.25, 0.3) is 0 Å². The van der Waals surface area contributed by atoms with Gasteiger partial charge in [-0.25, -0.2) is 4.98 Å². The van der Waals surface area contributed by atoms with Gasteiger partial charge in [-0.2, -0.15) is 0 Å². The maximum absolute atomic E-state index is 4.89. The molecular formula is C27H31Cl2FeN3. The Kier molecular flexibility index (Phi) is 12.4. The molecule has 0 radical (unpaired) electrons. The van der Waals surface area contributed by atoms with Gasteiger partial charge in [0.25, 0.3) is 0 Å². The number of para-hydroxylation sites is 2. The Bertz CT molecular complexity index is 999. The third-order valence-electron chi connectivity index (χ3n) is 5.09. The molecule has 0 aliphatic rings. The van der Waals surface area contributed by atoms with Crippen LogP contribution in [-0.4, -0.2) is 16.4 Å². The molecule has 33 heavy (non-hydrogen) atoms. The van der Waals surface area contributed by atoms with E-state index in [9.17, 15) is 0 Å². The molecular weight excluding hydrogens is 493 g/mol. The Morgan fingerprint density at radius 3 is 1.48 bits per heavy atom. The van der Waals surface area contributed by atoms with Crippen LogP contribution in [0, 0.1) is 0 Å². The summed E-state index contributed by atoms with van der Waals surface area (Å²) in [6, 6.07) is 22.8. The van der Waals surface area contributed by atoms with Gasteiger partial charge in [0.15, 0.2) is 0 Å². The molecule has 0 fully saturated rings. The minimum atomic E-state index is 0.194. The van der Waals surface area contributed by atoms with Gasteiger partial charge in [-0.15, -0.1) is 0 Å². The third kappa shape index (κ3) is 8.72. The van der Waals surface area contributed by atoms with Crippen molar-refractivity contribution in [1.29, 1.82) is 0 Å². The number of pyridine rings is 1. The fourth-order valence-electron chi connectivity index (χ4n) is 3.51. The van der Waals surface area contributed by atoms with Crippen LogP contribution in [0.1, 0.15) is 63.1 Å². The first-order valence-corrected chi connectivity index (χ1v) is 14.2. The van der Waals surface area contributed by atoms with Crippen LogP contribution < -0.4 is 0 Å². The molecule has 6 heteroatoms. The number of nitrogens with zero attached hydrogens (tertiary/aromatic N) is 3. The van der Waals surface area contributed by atoms with E-state index in [1.807, 2.05) is 44.2 Å². The Hall–Kier alpha value is -1.97. The number of rotatable bonds is 8. The van der Waals surface area contributed by atoms with Crippen LogP contribution in [0.5, 0.6) is 0 Å². The van der Waals surface area contributed by atoms with Crippen LogP contribution >= 0.6 is 20.2 Å². The molecule has 0 aliphatic heterocycles. The third-order valence-corrected chi connectivity index (χ3v) is 5.09. The maximum atomic E-state index is 4.89. The van der Waals surface area contributed by atoms with Crippen molar-refractivity contribution >= 4 is 43.0 Å². The second-order valence-corrected chi connectivity index (χ2v) is 9.43. The predicted molar refractivity (Wildman–Crippen MR) is 141 cm³/mol. The van der Waals surface area contributed by atoms with E-state index in [0.29, 0.717) is 0 Å². The van der Waals surface area contributed by atoms with E-state index in [0.717, 1.165) is 59.9 Å². The second kappa shape index (κ2) is 15.0. The van der Waals surface area contributed by atoms with E-state index in [4.69, 9.17) is 35.2 Å². The Labute approximate surface area is 213 Å². The number of hydrogen-bond acceptors (Lipinski definition) is 3. The molecule has 0 saturated heterocycles. The molecule has 3 nitrogen and oxygen atoms in total. The monoisotopic (exact) mass is 523 g/mol. The molecule has 0 amide bonds. The molecule has 0 atom stereocenters. The minimum absolute atomic E-state index is 0.194. The van der Waals surface area contributed by atoms with E-state index in [-0.39, 0.29) is 13.1 Å². The van der Waals surface area contributed by atoms with Gasteiger partial charge in [0.2, 0.25) is 0 Å². The molecule has 0 unspecified atom stereocenters. The molecule has 0 bridgehead atoms. The van der Waals surface area contributed by atoms with E-state index in [2.05, 4.69) is 50.2 Å². The average Bonchev–Trinajstić information content (AvgIpc) is 2.82. The van der Waals surface area contributed by atoms with Crippen molar-refractivity contribution < 1.29 is 13.1 Å². The van der Waals surface area contributed by atoms with Crippen molar-refractivity contribution in [3.8, 4) is 0 Å². The topological polar surface area (TPSA) is 37.6 Å². The summed E-state index contributed by atoms with van der Waals surface area (Å²) < 4.78 is 0. The molecule has 3 aromatic rings. The van der Waals surface area contributed by atoms with Crippen LogP contribution in [0.4, 0.5) is 11.4 Å². The predicted octanol–water partition coefficient (Wildman–Crippen LogP) is 8.64. The summed E-state index contributed by atoms with van der Waals surface area (Å²) in [5, 5.41) is 0. The summed E-state index contributed by atoms with van der Waals surface area (Å²) in [7, 11) is 9.53. The van der Waals surface area contributed by atoms with E-state index < -0.39 is 0 Å². The van der Waals surface area contributed by atoms with Crippen LogP contribution in [0.3, 0.4) is 0 Å². The van der Waals surface area contributed by atoms with Crippen molar-refractivity contribution in [3.05, 3.63) is 89.2 Å². The van der Waals surface area contributed by atoms with Gasteiger partial charge >= 0.3 is 33.3 Å². The molecule has 0 N–H and O–H groups in total. The number of aliphatic imine (C=N–C) groups is 2. The number of aromatic nitrogens is 1. The normalized spacial score (nSPS) is 11.8. The Balaban J connectivity index is 0.00000122. The van der Waals surface area contributed by atoms with E-state index in [1.165, 1.54) is 11.1 Å². The first kappa shape index (κ1) is 27.3. The van der Waals surface area contributed by atoms with Crippen molar-refractivity contribution in [1.82, 2.24) is 4.98 Å². The summed E-state index contributed by atoms with van der Waals surface area (Å²) in [6.45, 7) is 8.44. The van der Waals surface area contributed by atoms with Gasteiger partial charge < -0.3 is 0 Å². The first-order valence-electron chi connectivity index (χ1n) is 11.1. The summed E-state index contributed by atoms with van der Waals surface area (Å²) in [4.78, 5) is 14.6. The molecule has 0 spiro atoms. The summed E-state index contributed by atoms with van der Waals surface area (Å²) in [5.41, 5.74) is 8.22. The van der Waals surface area contributed by atoms with Gasteiger partial charge in [0, 0.05) is 0 Å². The molecule has 0 saturated carbocycles. The number of aryl methyl sites for hydroxylation is 2. The summed E-state index contributed by atoms with van der Waals surface area (Å²) in [5.74, 6) is 0. The number of benzene rings is 2. The van der Waals surface area contributed by atoms with Crippen LogP contribution in [-0.2, 0) is 26.0 Å². The zero-order valence-corrected chi connectivity index (χ0v) is 22.2. The fraction of sp³-hybridized carbons (Fsp3) is 0.296. The second-order valence-electron chi connectivity index (χ2n) is 7.61. The molecule has 0 aliphatic carbocycles. The van der Waals surface area contributed by atoms with E-state index >= 15 is 0 Å². The van der Waals surface area contributed by atoms with Gasteiger partial charge in [0.1, 0.15) is 0 Å².